The Kier molecular flexibility index (Phi) is 7.21. The number of ether oxygens (including phenoxy) is 1. The number of aliphatic hydroxyl groups is 2. The lowest BCUT2D eigenvalue weighted by molar-refractivity contribution is -0.143. The molecule has 1 aromatic heterocycles. The largest absolute Gasteiger partial charge is 0.466 e. The summed E-state index contributed by atoms with van der Waals surface area (Å²) in [5, 5.41) is 18.5. The van der Waals surface area contributed by atoms with Crippen molar-refractivity contribution in [1.29, 1.82) is 0 Å². The Hall–Kier alpha value is -2.12. The molecule has 0 unspecified atom stereocenters. The summed E-state index contributed by atoms with van der Waals surface area (Å²) >= 11 is 0. The first-order chi connectivity index (χ1) is 12.1. The number of nitrogens with one attached hydrogen (secondary N) is 1. The van der Waals surface area contributed by atoms with E-state index in [1.165, 1.54) is 0 Å². The molecule has 0 aliphatic carbocycles. The summed E-state index contributed by atoms with van der Waals surface area (Å²) in [6.45, 7) is 5.17. The topological polar surface area (TPSA) is 98.7 Å². The van der Waals surface area contributed by atoms with Crippen LogP contribution in [-0.2, 0) is 16.0 Å². The van der Waals surface area contributed by atoms with Gasteiger partial charge in [0.25, 0.3) is 0 Å². The Morgan fingerprint density at radius 2 is 2.00 bits per heavy atom. The van der Waals surface area contributed by atoms with Gasteiger partial charge in [0.2, 0.25) is 0 Å². The van der Waals surface area contributed by atoms with Crippen LogP contribution in [0, 0.1) is 6.92 Å². The van der Waals surface area contributed by atoms with Crippen molar-refractivity contribution in [3.8, 4) is 0 Å². The van der Waals surface area contributed by atoms with E-state index < -0.39 is 0 Å². The Bertz CT molecular complexity index is 693. The number of carbonyl (C=O) groups excluding carboxylic acids is 1. The number of carbonyl (C=O) groups is 1. The molecule has 0 amide bonds. The minimum atomic E-state index is -0.180. The number of H-pyrrole nitrogens is 1. The molecular weight excluding hydrogens is 322 g/mol. The van der Waals surface area contributed by atoms with Crippen LogP contribution in [0.5, 0.6) is 0 Å². The Morgan fingerprint density at radius 3 is 2.64 bits per heavy atom. The van der Waals surface area contributed by atoms with E-state index in [-0.39, 0.29) is 19.2 Å². The van der Waals surface area contributed by atoms with Crippen molar-refractivity contribution in [2.75, 3.05) is 37.8 Å². The third kappa shape index (κ3) is 4.93. The van der Waals surface area contributed by atoms with Gasteiger partial charge in [-0.1, -0.05) is 0 Å². The first-order valence-electron chi connectivity index (χ1n) is 8.71. The zero-order valence-electron chi connectivity index (χ0n) is 14.9. The molecule has 0 bridgehead atoms. The molecule has 0 spiro atoms. The van der Waals surface area contributed by atoms with E-state index in [4.69, 9.17) is 4.74 Å². The molecule has 25 heavy (non-hydrogen) atoms. The number of fused-ring (bicyclic) bond motifs is 1. The Morgan fingerprint density at radius 1 is 1.28 bits per heavy atom. The third-order valence-electron chi connectivity index (χ3n) is 4.11. The van der Waals surface area contributed by atoms with Gasteiger partial charge in [-0.25, -0.2) is 4.98 Å². The minimum Gasteiger partial charge on any atom is -0.466 e. The summed E-state index contributed by atoms with van der Waals surface area (Å²) < 4.78 is 4.93. The number of aliphatic hydroxyl groups excluding tert-OH is 2. The van der Waals surface area contributed by atoms with E-state index >= 15 is 0 Å². The van der Waals surface area contributed by atoms with Gasteiger partial charge < -0.3 is 24.8 Å². The highest BCUT2D eigenvalue weighted by atomic mass is 16.5. The van der Waals surface area contributed by atoms with Gasteiger partial charge in [-0.2, -0.15) is 0 Å². The van der Waals surface area contributed by atoms with Crippen molar-refractivity contribution in [2.45, 2.75) is 33.1 Å². The molecule has 2 aromatic rings. The normalized spacial score (nSPS) is 11.0. The molecule has 0 saturated heterocycles. The second-order valence-corrected chi connectivity index (χ2v) is 5.88. The maximum absolute atomic E-state index is 11.4. The average molecular weight is 349 g/mol. The van der Waals surface area contributed by atoms with E-state index in [1.807, 2.05) is 24.0 Å². The van der Waals surface area contributed by atoms with Gasteiger partial charge in [-0.05, 0) is 32.4 Å². The van der Waals surface area contributed by atoms with E-state index in [2.05, 4.69) is 9.97 Å². The zero-order chi connectivity index (χ0) is 18.2. The zero-order valence-corrected chi connectivity index (χ0v) is 14.9. The van der Waals surface area contributed by atoms with Crippen LogP contribution >= 0.6 is 0 Å². The predicted octanol–water partition coefficient (Wildman–Crippen LogP) is 1.55. The van der Waals surface area contributed by atoms with Crippen molar-refractivity contribution < 1.29 is 19.7 Å². The fourth-order valence-corrected chi connectivity index (χ4v) is 2.94. The number of hydrogen-bond donors (Lipinski definition) is 3. The van der Waals surface area contributed by atoms with Crippen molar-refractivity contribution in [3.05, 3.63) is 23.5 Å². The molecule has 1 aromatic carbocycles. The highest BCUT2D eigenvalue weighted by Crippen LogP contribution is 2.27. The number of esters is 1. The van der Waals surface area contributed by atoms with E-state index in [9.17, 15) is 15.0 Å². The quantitative estimate of drug-likeness (QED) is 0.563. The summed E-state index contributed by atoms with van der Waals surface area (Å²) in [6, 6.07) is 3.94. The summed E-state index contributed by atoms with van der Waals surface area (Å²) in [7, 11) is 0. The van der Waals surface area contributed by atoms with Crippen LogP contribution in [0.2, 0.25) is 0 Å². The number of aromatic nitrogens is 2. The van der Waals surface area contributed by atoms with Gasteiger partial charge in [0.05, 0.1) is 30.9 Å². The van der Waals surface area contributed by atoms with E-state index in [0.29, 0.717) is 39.0 Å². The molecule has 0 saturated carbocycles. The fraction of sp³-hybridized carbons (Fsp3) is 0.556. The number of aromatic amines is 1. The molecule has 7 heteroatoms. The molecule has 7 nitrogen and oxygen atoms in total. The van der Waals surface area contributed by atoms with Crippen LogP contribution < -0.4 is 4.90 Å². The van der Waals surface area contributed by atoms with Crippen molar-refractivity contribution >= 4 is 22.7 Å². The number of imidazole rings is 1. The van der Waals surface area contributed by atoms with Gasteiger partial charge in [0.15, 0.2) is 0 Å². The molecule has 0 atom stereocenters. The SMILES string of the molecule is CCOC(=O)CCCc1nc2c(C)c(N(CCO)CCO)ccc2[nH]1. The number of rotatable bonds is 10. The number of benzene rings is 1. The molecule has 138 valence electrons. The van der Waals surface area contributed by atoms with Crippen LogP contribution in [0.25, 0.3) is 11.0 Å². The first-order valence-corrected chi connectivity index (χ1v) is 8.71. The number of anilines is 1. The Labute approximate surface area is 147 Å². The van der Waals surface area contributed by atoms with Gasteiger partial charge in [-0.3, -0.25) is 4.79 Å². The molecule has 0 aliphatic heterocycles. The lowest BCUT2D eigenvalue weighted by Gasteiger charge is -2.24. The Balaban J connectivity index is 2.14. The number of nitrogens with zero attached hydrogens (tertiary/aromatic N) is 2. The van der Waals surface area contributed by atoms with Crippen LogP contribution in [0.1, 0.15) is 31.2 Å². The van der Waals surface area contributed by atoms with Crippen LogP contribution in [0.3, 0.4) is 0 Å². The number of hydrogen-bond acceptors (Lipinski definition) is 6. The van der Waals surface area contributed by atoms with E-state index in [1.54, 1.807) is 6.92 Å². The van der Waals surface area contributed by atoms with Crippen molar-refractivity contribution in [2.24, 2.45) is 0 Å². The lowest BCUT2D eigenvalue weighted by Crippen LogP contribution is -2.30. The smallest absolute Gasteiger partial charge is 0.305 e. The lowest BCUT2D eigenvalue weighted by atomic mass is 10.1. The monoisotopic (exact) mass is 349 g/mol. The molecule has 1 heterocycles. The highest BCUT2D eigenvalue weighted by Gasteiger charge is 2.14. The minimum absolute atomic E-state index is 0.0250. The van der Waals surface area contributed by atoms with Crippen LogP contribution in [-0.4, -0.2) is 59.1 Å². The second kappa shape index (κ2) is 9.39. The van der Waals surface area contributed by atoms with Gasteiger partial charge in [-0.15, -0.1) is 0 Å². The van der Waals surface area contributed by atoms with Gasteiger partial charge >= 0.3 is 5.97 Å². The average Bonchev–Trinajstić information content (AvgIpc) is 2.99. The van der Waals surface area contributed by atoms with Gasteiger partial charge in [0, 0.05) is 37.2 Å². The second-order valence-electron chi connectivity index (χ2n) is 5.88. The molecular formula is C18H27N3O4. The molecule has 3 N–H and O–H groups in total. The summed E-state index contributed by atoms with van der Waals surface area (Å²) in [5.41, 5.74) is 3.79. The fourth-order valence-electron chi connectivity index (χ4n) is 2.94. The van der Waals surface area contributed by atoms with Crippen molar-refractivity contribution in [1.82, 2.24) is 9.97 Å². The summed E-state index contributed by atoms with van der Waals surface area (Å²) in [4.78, 5) is 21.3. The maximum Gasteiger partial charge on any atom is 0.305 e. The number of aryl methyl sites for hydroxylation is 2. The van der Waals surface area contributed by atoms with E-state index in [0.717, 1.165) is 28.1 Å². The predicted molar refractivity (Wildman–Crippen MR) is 96.8 cm³/mol. The first kappa shape index (κ1) is 19.2. The van der Waals surface area contributed by atoms with Gasteiger partial charge in [0.1, 0.15) is 5.82 Å². The standard InChI is InChI=1S/C18H27N3O4/c1-3-25-17(24)6-4-5-16-19-14-7-8-15(13(2)18(14)20-16)21(9-11-22)10-12-23/h7-8,22-23H,3-6,9-12H2,1-2H3,(H,19,20). The summed E-state index contributed by atoms with van der Waals surface area (Å²) in [5.74, 6) is 0.663. The maximum atomic E-state index is 11.4. The molecule has 0 fully saturated rings. The van der Waals surface area contributed by atoms with Crippen LogP contribution in [0.4, 0.5) is 5.69 Å². The molecule has 0 radical (unpaired) electrons. The molecule has 0 aliphatic rings. The highest BCUT2D eigenvalue weighted by molar-refractivity contribution is 5.84. The molecule has 2 rings (SSSR count). The van der Waals surface area contributed by atoms with Crippen molar-refractivity contribution in [3.63, 3.8) is 0 Å². The summed E-state index contributed by atoms with van der Waals surface area (Å²) in [6.07, 6.45) is 1.75. The van der Waals surface area contributed by atoms with Crippen LogP contribution in [0.15, 0.2) is 12.1 Å². The third-order valence-corrected chi connectivity index (χ3v) is 4.11.